The number of carbonyl (C=O) groups is 4. The summed E-state index contributed by atoms with van der Waals surface area (Å²) in [5.41, 5.74) is 1.85. The van der Waals surface area contributed by atoms with Gasteiger partial charge in [-0.25, -0.2) is 9.97 Å². The molecule has 0 bridgehead atoms. The van der Waals surface area contributed by atoms with Gasteiger partial charge in [0.05, 0.1) is 11.7 Å². The lowest BCUT2D eigenvalue weighted by molar-refractivity contribution is -0.158. The Labute approximate surface area is 190 Å². The highest BCUT2D eigenvalue weighted by molar-refractivity contribution is 6.02. The predicted octanol–water partition coefficient (Wildman–Crippen LogP) is 1.48. The maximum Gasteiger partial charge on any atom is 0.275 e. The zero-order chi connectivity index (χ0) is 23.4. The molecule has 0 spiro atoms. The zero-order valence-electron chi connectivity index (χ0n) is 18.3. The van der Waals surface area contributed by atoms with Gasteiger partial charge in [-0.05, 0) is 43.5 Å². The van der Waals surface area contributed by atoms with Crippen LogP contribution in [0.15, 0.2) is 36.5 Å². The Bertz CT molecular complexity index is 1060. The third-order valence-electron chi connectivity index (χ3n) is 5.67. The van der Waals surface area contributed by atoms with Gasteiger partial charge in [0.25, 0.3) is 17.7 Å². The van der Waals surface area contributed by atoms with Crippen molar-refractivity contribution < 1.29 is 23.9 Å². The molecule has 0 radical (unpaired) electrons. The monoisotopic (exact) mass is 451 g/mol. The van der Waals surface area contributed by atoms with Gasteiger partial charge in [-0.3, -0.25) is 24.1 Å². The van der Waals surface area contributed by atoms with Gasteiger partial charge < -0.3 is 15.0 Å². The average Bonchev–Trinajstić information content (AvgIpc) is 3.30. The highest BCUT2D eigenvalue weighted by Gasteiger charge is 2.33. The van der Waals surface area contributed by atoms with Gasteiger partial charge >= 0.3 is 0 Å². The number of anilines is 1. The van der Waals surface area contributed by atoms with Crippen LogP contribution in [-0.2, 0) is 19.1 Å². The van der Waals surface area contributed by atoms with Gasteiger partial charge in [0.1, 0.15) is 24.7 Å². The quantitative estimate of drug-likeness (QED) is 0.660. The minimum atomic E-state index is -0.430. The Morgan fingerprint density at radius 2 is 1.94 bits per heavy atom. The number of hydrogen-bond acceptors (Lipinski definition) is 7. The summed E-state index contributed by atoms with van der Waals surface area (Å²) in [5.74, 6) is -0.970. The van der Waals surface area contributed by atoms with Crippen molar-refractivity contribution in [2.75, 3.05) is 31.6 Å². The maximum absolute atomic E-state index is 12.9. The van der Waals surface area contributed by atoms with E-state index in [1.54, 1.807) is 35.4 Å². The Balaban J connectivity index is 1.42. The minimum absolute atomic E-state index is 0.0303. The van der Waals surface area contributed by atoms with Crippen LogP contribution in [0.1, 0.15) is 47.1 Å². The van der Waals surface area contributed by atoms with Crippen molar-refractivity contribution >= 4 is 29.4 Å². The molecule has 2 aliphatic rings. The Morgan fingerprint density at radius 3 is 2.67 bits per heavy atom. The summed E-state index contributed by atoms with van der Waals surface area (Å²) in [6.07, 6.45) is 3.22. The van der Waals surface area contributed by atoms with Crippen molar-refractivity contribution in [3.63, 3.8) is 0 Å². The molecule has 1 atom stereocenters. The van der Waals surface area contributed by atoms with Crippen molar-refractivity contribution in [1.29, 1.82) is 0 Å². The number of carbonyl (C=O) groups excluding carboxylic acids is 4. The van der Waals surface area contributed by atoms with Crippen molar-refractivity contribution in [2.24, 2.45) is 0 Å². The lowest BCUT2D eigenvalue weighted by Gasteiger charge is -2.28. The molecule has 2 aromatic heterocycles. The Hall–Kier alpha value is -3.66. The summed E-state index contributed by atoms with van der Waals surface area (Å²) in [6.45, 7) is 2.20. The third kappa shape index (κ3) is 5.23. The lowest BCUT2D eigenvalue weighted by Crippen LogP contribution is -2.47. The van der Waals surface area contributed by atoms with E-state index in [4.69, 9.17) is 4.74 Å². The molecular weight excluding hydrogens is 426 g/mol. The number of imide groups is 1. The van der Waals surface area contributed by atoms with Crippen molar-refractivity contribution in [1.82, 2.24) is 19.8 Å². The summed E-state index contributed by atoms with van der Waals surface area (Å²) < 4.78 is 4.90. The number of pyridine rings is 2. The van der Waals surface area contributed by atoms with Crippen molar-refractivity contribution in [2.45, 2.75) is 32.2 Å². The average molecular weight is 451 g/mol. The SMILES string of the molecule is Cc1ccc(NC(=O)c2cccc(C3CCCN3C(=O)CCN3C(=O)COCC3=O)n2)nc1. The van der Waals surface area contributed by atoms with E-state index in [-0.39, 0.29) is 49.7 Å². The molecule has 172 valence electrons. The van der Waals surface area contributed by atoms with Crippen LogP contribution in [-0.4, -0.2) is 69.7 Å². The number of hydrogen-bond donors (Lipinski definition) is 1. The second kappa shape index (κ2) is 9.86. The molecule has 33 heavy (non-hydrogen) atoms. The van der Waals surface area contributed by atoms with Crippen LogP contribution in [0.3, 0.4) is 0 Å². The van der Waals surface area contributed by atoms with Crippen molar-refractivity contribution in [3.05, 3.63) is 53.5 Å². The number of ether oxygens (including phenoxy) is 1. The number of nitrogens with one attached hydrogen (secondary N) is 1. The van der Waals surface area contributed by atoms with Crippen LogP contribution in [0, 0.1) is 6.92 Å². The summed E-state index contributed by atoms with van der Waals surface area (Å²) in [5, 5.41) is 2.73. The smallest absolute Gasteiger partial charge is 0.275 e. The maximum atomic E-state index is 12.9. The van der Waals surface area contributed by atoms with Crippen LogP contribution in [0.4, 0.5) is 5.82 Å². The van der Waals surface area contributed by atoms with Crippen LogP contribution >= 0.6 is 0 Å². The van der Waals surface area contributed by atoms with Gasteiger partial charge in [0.2, 0.25) is 5.91 Å². The summed E-state index contributed by atoms with van der Waals surface area (Å²) in [6, 6.07) is 8.46. The predicted molar refractivity (Wildman–Crippen MR) is 117 cm³/mol. The largest absolute Gasteiger partial charge is 0.362 e. The van der Waals surface area contributed by atoms with E-state index in [1.165, 1.54) is 0 Å². The molecule has 2 fully saturated rings. The molecule has 0 aromatic carbocycles. The fourth-order valence-corrected chi connectivity index (χ4v) is 3.98. The molecular formula is C23H25N5O5. The van der Waals surface area contributed by atoms with Gasteiger partial charge in [-0.15, -0.1) is 0 Å². The number of aromatic nitrogens is 2. The van der Waals surface area contributed by atoms with E-state index in [0.717, 1.165) is 23.3 Å². The van der Waals surface area contributed by atoms with Gasteiger partial charge in [0.15, 0.2) is 0 Å². The molecule has 10 heteroatoms. The molecule has 0 saturated carbocycles. The van der Waals surface area contributed by atoms with Crippen LogP contribution in [0.2, 0.25) is 0 Å². The molecule has 1 N–H and O–H groups in total. The van der Waals surface area contributed by atoms with E-state index in [1.807, 2.05) is 13.0 Å². The van der Waals surface area contributed by atoms with E-state index in [2.05, 4.69) is 15.3 Å². The first-order chi connectivity index (χ1) is 15.9. The van der Waals surface area contributed by atoms with E-state index < -0.39 is 11.8 Å². The van der Waals surface area contributed by atoms with Crippen LogP contribution in [0.5, 0.6) is 0 Å². The summed E-state index contributed by atoms with van der Waals surface area (Å²) >= 11 is 0. The fraction of sp³-hybridized carbons (Fsp3) is 0.391. The standard InChI is InChI=1S/C23H25N5O5/c1-15-7-8-19(24-12-15)26-23(32)17-5-2-4-16(25-17)18-6-3-10-27(18)20(29)9-11-28-21(30)13-33-14-22(28)31/h2,4-5,7-8,12,18H,3,6,9-11,13-14H2,1H3,(H,24,26,32). The molecule has 2 aliphatic heterocycles. The second-order valence-electron chi connectivity index (χ2n) is 8.05. The van der Waals surface area contributed by atoms with E-state index in [0.29, 0.717) is 18.1 Å². The minimum Gasteiger partial charge on any atom is -0.362 e. The summed E-state index contributed by atoms with van der Waals surface area (Å²) in [7, 11) is 0. The first-order valence-corrected chi connectivity index (χ1v) is 10.8. The molecule has 2 aromatic rings. The Morgan fingerprint density at radius 1 is 1.15 bits per heavy atom. The molecule has 4 rings (SSSR count). The number of aryl methyl sites for hydroxylation is 1. The van der Waals surface area contributed by atoms with E-state index in [9.17, 15) is 19.2 Å². The second-order valence-corrected chi connectivity index (χ2v) is 8.05. The molecule has 4 heterocycles. The molecule has 1 unspecified atom stereocenters. The Kier molecular flexibility index (Phi) is 6.74. The number of amides is 4. The number of morpholine rings is 1. The molecule has 0 aliphatic carbocycles. The third-order valence-corrected chi connectivity index (χ3v) is 5.67. The highest BCUT2D eigenvalue weighted by atomic mass is 16.5. The molecule has 10 nitrogen and oxygen atoms in total. The van der Waals surface area contributed by atoms with Gasteiger partial charge in [-0.1, -0.05) is 12.1 Å². The van der Waals surface area contributed by atoms with Crippen LogP contribution < -0.4 is 5.32 Å². The topological polar surface area (TPSA) is 122 Å². The normalized spacial score (nSPS) is 18.5. The zero-order valence-corrected chi connectivity index (χ0v) is 18.3. The van der Waals surface area contributed by atoms with E-state index >= 15 is 0 Å². The highest BCUT2D eigenvalue weighted by Crippen LogP contribution is 2.31. The fourth-order valence-electron chi connectivity index (χ4n) is 3.98. The van der Waals surface area contributed by atoms with Crippen molar-refractivity contribution in [3.8, 4) is 0 Å². The van der Waals surface area contributed by atoms with Gasteiger partial charge in [-0.2, -0.15) is 0 Å². The number of likely N-dealkylation sites (tertiary alicyclic amines) is 1. The number of nitrogens with zero attached hydrogens (tertiary/aromatic N) is 4. The summed E-state index contributed by atoms with van der Waals surface area (Å²) in [4.78, 5) is 60.8. The number of rotatable bonds is 6. The van der Waals surface area contributed by atoms with Crippen LogP contribution in [0.25, 0.3) is 0 Å². The lowest BCUT2D eigenvalue weighted by atomic mass is 10.1. The molecule has 2 saturated heterocycles. The molecule has 4 amide bonds. The first kappa shape index (κ1) is 22.5. The first-order valence-electron chi connectivity index (χ1n) is 10.8. The van der Waals surface area contributed by atoms with Gasteiger partial charge in [0, 0.05) is 25.7 Å².